The van der Waals surface area contributed by atoms with Gasteiger partial charge in [-0.25, -0.2) is 4.79 Å². The van der Waals surface area contributed by atoms with Gasteiger partial charge in [0.2, 0.25) is 0 Å². The lowest BCUT2D eigenvalue weighted by atomic mass is 10.1. The Hall–Kier alpha value is -2.12. The molecule has 0 aromatic heterocycles. The summed E-state index contributed by atoms with van der Waals surface area (Å²) in [6, 6.07) is 7.56. The van der Waals surface area contributed by atoms with Crippen molar-refractivity contribution >= 4 is 50.6 Å². The molecule has 2 aromatic carbocycles. The van der Waals surface area contributed by atoms with Crippen LogP contribution in [0.5, 0.6) is 0 Å². The molecule has 6 nitrogen and oxygen atoms in total. The van der Waals surface area contributed by atoms with Crippen LogP contribution in [0.2, 0.25) is 5.02 Å². The van der Waals surface area contributed by atoms with Gasteiger partial charge in [-0.15, -0.1) is 0 Å². The number of nitro benzene ring substituents is 1. The zero-order chi connectivity index (χ0) is 17.1. The molecule has 0 radical (unpaired) electrons. The van der Waals surface area contributed by atoms with Crippen molar-refractivity contribution < 1.29 is 14.5 Å². The molecule has 0 fully saturated rings. The quantitative estimate of drug-likeness (QED) is 0.451. The number of aryl methyl sites for hydroxylation is 1. The highest BCUT2D eigenvalue weighted by Gasteiger charge is 2.19. The number of benzene rings is 2. The van der Waals surface area contributed by atoms with E-state index in [1.54, 1.807) is 19.1 Å². The van der Waals surface area contributed by atoms with Crippen LogP contribution in [0.25, 0.3) is 0 Å². The number of carbonyl (C=O) groups excluding carboxylic acids is 1. The second-order valence-electron chi connectivity index (χ2n) is 4.68. The van der Waals surface area contributed by atoms with E-state index in [0.717, 1.165) is 5.56 Å². The van der Waals surface area contributed by atoms with Gasteiger partial charge in [0.05, 0.1) is 23.3 Å². The number of hydrogen-bond donors (Lipinski definition) is 1. The molecule has 0 aliphatic heterocycles. The molecule has 0 atom stereocenters. The fourth-order valence-electron chi connectivity index (χ4n) is 1.97. The highest BCUT2D eigenvalue weighted by atomic mass is 79.9. The SMILES string of the molecule is COC(=O)c1ccc(Cl)cc1Nc1cc(Br)c(C)cc1[N+](=O)[O-]. The van der Waals surface area contributed by atoms with Gasteiger partial charge in [0.1, 0.15) is 5.69 Å². The van der Waals surface area contributed by atoms with E-state index in [1.807, 2.05) is 0 Å². The van der Waals surface area contributed by atoms with Crippen molar-refractivity contribution in [1.82, 2.24) is 0 Å². The Kier molecular flexibility index (Phi) is 5.23. The molecular weight excluding hydrogens is 388 g/mol. The van der Waals surface area contributed by atoms with Crippen LogP contribution in [0.3, 0.4) is 0 Å². The van der Waals surface area contributed by atoms with Crippen molar-refractivity contribution in [2.24, 2.45) is 0 Å². The lowest BCUT2D eigenvalue weighted by Crippen LogP contribution is -2.06. The number of esters is 1. The summed E-state index contributed by atoms with van der Waals surface area (Å²) in [6.07, 6.45) is 0. The number of hydrogen-bond acceptors (Lipinski definition) is 5. The second kappa shape index (κ2) is 6.97. The third-order valence-corrected chi connectivity index (χ3v) is 4.22. The fourth-order valence-corrected chi connectivity index (χ4v) is 2.49. The maximum absolute atomic E-state index is 11.8. The molecule has 0 unspecified atom stereocenters. The van der Waals surface area contributed by atoms with Crippen molar-refractivity contribution in [3.8, 4) is 0 Å². The van der Waals surface area contributed by atoms with Crippen LogP contribution in [0, 0.1) is 17.0 Å². The summed E-state index contributed by atoms with van der Waals surface area (Å²) in [5.74, 6) is -0.571. The van der Waals surface area contributed by atoms with E-state index in [2.05, 4.69) is 21.2 Å². The monoisotopic (exact) mass is 398 g/mol. The van der Waals surface area contributed by atoms with E-state index in [1.165, 1.54) is 25.3 Å². The Morgan fingerprint density at radius 2 is 2.00 bits per heavy atom. The fraction of sp³-hybridized carbons (Fsp3) is 0.133. The molecule has 1 N–H and O–H groups in total. The summed E-state index contributed by atoms with van der Waals surface area (Å²) >= 11 is 9.29. The maximum atomic E-state index is 11.8. The number of ether oxygens (including phenoxy) is 1. The largest absolute Gasteiger partial charge is 0.465 e. The molecule has 0 heterocycles. The number of halogens is 2. The molecule has 0 saturated heterocycles. The average Bonchev–Trinajstić information content (AvgIpc) is 2.50. The topological polar surface area (TPSA) is 81.5 Å². The first-order chi connectivity index (χ1) is 10.8. The molecule has 23 heavy (non-hydrogen) atoms. The summed E-state index contributed by atoms with van der Waals surface area (Å²) < 4.78 is 5.41. The molecule has 8 heteroatoms. The summed E-state index contributed by atoms with van der Waals surface area (Å²) in [7, 11) is 1.26. The van der Waals surface area contributed by atoms with Crippen molar-refractivity contribution in [3.05, 3.63) is 61.1 Å². The van der Waals surface area contributed by atoms with E-state index >= 15 is 0 Å². The molecule has 2 aromatic rings. The zero-order valence-corrected chi connectivity index (χ0v) is 14.6. The predicted octanol–water partition coefficient (Wildman–Crippen LogP) is 4.85. The van der Waals surface area contributed by atoms with E-state index in [4.69, 9.17) is 16.3 Å². The Bertz CT molecular complexity index is 795. The molecule has 2 rings (SSSR count). The highest BCUT2D eigenvalue weighted by Crippen LogP contribution is 2.34. The molecule has 0 saturated carbocycles. The van der Waals surface area contributed by atoms with E-state index in [0.29, 0.717) is 15.2 Å². The standard InChI is InChI=1S/C15H12BrClN2O4/c1-8-5-14(19(21)22)13(7-11(8)16)18-12-6-9(17)3-4-10(12)15(20)23-2/h3-7,18H,1-2H3. The van der Waals surface area contributed by atoms with Gasteiger partial charge in [0.25, 0.3) is 5.69 Å². The number of nitrogens with one attached hydrogen (secondary N) is 1. The van der Waals surface area contributed by atoms with Crippen molar-refractivity contribution in [3.63, 3.8) is 0 Å². The lowest BCUT2D eigenvalue weighted by molar-refractivity contribution is -0.384. The molecular formula is C15H12BrClN2O4. The van der Waals surface area contributed by atoms with Crippen molar-refractivity contribution in [2.75, 3.05) is 12.4 Å². The molecule has 0 aliphatic rings. The van der Waals surface area contributed by atoms with Crippen LogP contribution < -0.4 is 5.32 Å². The summed E-state index contributed by atoms with van der Waals surface area (Å²) in [6.45, 7) is 1.75. The summed E-state index contributed by atoms with van der Waals surface area (Å²) in [5.41, 5.74) is 1.40. The van der Waals surface area contributed by atoms with Crippen LogP contribution in [0.1, 0.15) is 15.9 Å². The summed E-state index contributed by atoms with van der Waals surface area (Å²) in [5, 5.41) is 14.5. The minimum absolute atomic E-state index is 0.110. The van der Waals surface area contributed by atoms with Gasteiger partial charge < -0.3 is 10.1 Å². The van der Waals surface area contributed by atoms with Gasteiger partial charge in [0.15, 0.2) is 0 Å². The Morgan fingerprint density at radius 1 is 1.30 bits per heavy atom. The van der Waals surface area contributed by atoms with Gasteiger partial charge in [-0.2, -0.15) is 0 Å². The Balaban J connectivity index is 2.55. The number of methoxy groups -OCH3 is 1. The van der Waals surface area contributed by atoms with E-state index in [9.17, 15) is 14.9 Å². The Labute approximate surface area is 145 Å². The number of carbonyl (C=O) groups is 1. The van der Waals surface area contributed by atoms with Crippen LogP contribution in [-0.4, -0.2) is 18.0 Å². The molecule has 0 spiro atoms. The normalized spacial score (nSPS) is 10.3. The van der Waals surface area contributed by atoms with Crippen LogP contribution in [0.4, 0.5) is 17.1 Å². The highest BCUT2D eigenvalue weighted by molar-refractivity contribution is 9.10. The number of nitro groups is 1. The van der Waals surface area contributed by atoms with Gasteiger partial charge in [0, 0.05) is 15.6 Å². The second-order valence-corrected chi connectivity index (χ2v) is 5.97. The Morgan fingerprint density at radius 3 is 2.61 bits per heavy atom. The minimum atomic E-state index is -0.571. The zero-order valence-electron chi connectivity index (χ0n) is 12.2. The van der Waals surface area contributed by atoms with Gasteiger partial charge in [-0.3, -0.25) is 10.1 Å². The van der Waals surface area contributed by atoms with Gasteiger partial charge in [-0.05, 0) is 36.8 Å². The molecule has 120 valence electrons. The lowest BCUT2D eigenvalue weighted by Gasteiger charge is -2.12. The first kappa shape index (κ1) is 17.2. The minimum Gasteiger partial charge on any atom is -0.465 e. The first-order valence-electron chi connectivity index (χ1n) is 6.43. The van der Waals surface area contributed by atoms with Crippen molar-refractivity contribution in [2.45, 2.75) is 6.92 Å². The maximum Gasteiger partial charge on any atom is 0.339 e. The summed E-state index contributed by atoms with van der Waals surface area (Å²) in [4.78, 5) is 22.6. The predicted molar refractivity (Wildman–Crippen MR) is 91.6 cm³/mol. The number of anilines is 2. The van der Waals surface area contributed by atoms with Gasteiger partial charge >= 0.3 is 5.97 Å². The third kappa shape index (κ3) is 3.80. The molecule has 0 amide bonds. The van der Waals surface area contributed by atoms with Crippen molar-refractivity contribution in [1.29, 1.82) is 0 Å². The smallest absolute Gasteiger partial charge is 0.339 e. The van der Waals surface area contributed by atoms with Gasteiger partial charge in [-0.1, -0.05) is 27.5 Å². The van der Waals surface area contributed by atoms with Crippen LogP contribution in [0.15, 0.2) is 34.8 Å². The van der Waals surface area contributed by atoms with E-state index < -0.39 is 10.9 Å². The number of rotatable bonds is 4. The number of nitrogens with zero attached hydrogens (tertiary/aromatic N) is 1. The molecule has 0 bridgehead atoms. The van der Waals surface area contributed by atoms with Crippen LogP contribution in [-0.2, 0) is 4.74 Å². The van der Waals surface area contributed by atoms with E-state index in [-0.39, 0.29) is 16.9 Å². The molecule has 0 aliphatic carbocycles. The average molecular weight is 400 g/mol. The first-order valence-corrected chi connectivity index (χ1v) is 7.60. The third-order valence-electron chi connectivity index (χ3n) is 3.13. The van der Waals surface area contributed by atoms with Crippen LogP contribution >= 0.6 is 27.5 Å².